The van der Waals surface area contributed by atoms with E-state index >= 15 is 0 Å². The molecule has 0 aliphatic rings. The van der Waals surface area contributed by atoms with Crippen molar-refractivity contribution in [1.82, 2.24) is 19.7 Å². The van der Waals surface area contributed by atoms with Crippen molar-refractivity contribution in [3.8, 4) is 23.5 Å². The SMILES string of the molecule is N#CCC[C@H](C#N)CSc1nnc(-c2ccncc2)n1CC(F)(F)F. The van der Waals surface area contributed by atoms with E-state index in [4.69, 9.17) is 10.5 Å². The van der Waals surface area contributed by atoms with Gasteiger partial charge in [0.05, 0.1) is 18.1 Å². The minimum absolute atomic E-state index is 0.0846. The highest BCUT2D eigenvalue weighted by Gasteiger charge is 2.31. The van der Waals surface area contributed by atoms with Crippen LogP contribution < -0.4 is 0 Å². The molecule has 0 N–H and O–H groups in total. The summed E-state index contributed by atoms with van der Waals surface area (Å²) in [4.78, 5) is 3.83. The summed E-state index contributed by atoms with van der Waals surface area (Å²) in [5.74, 6) is -0.109. The molecule has 2 heterocycles. The summed E-state index contributed by atoms with van der Waals surface area (Å²) in [5, 5.41) is 25.4. The zero-order valence-corrected chi connectivity index (χ0v) is 13.8. The van der Waals surface area contributed by atoms with Crippen LogP contribution in [0.1, 0.15) is 12.8 Å². The van der Waals surface area contributed by atoms with Crippen molar-refractivity contribution in [2.75, 3.05) is 5.75 Å². The Morgan fingerprint density at radius 2 is 1.92 bits per heavy atom. The second kappa shape index (κ2) is 8.49. The van der Waals surface area contributed by atoms with E-state index in [0.717, 1.165) is 16.3 Å². The van der Waals surface area contributed by atoms with Gasteiger partial charge in [0.1, 0.15) is 6.54 Å². The molecule has 1 atom stereocenters. The summed E-state index contributed by atoms with van der Waals surface area (Å²) in [5.41, 5.74) is 0.472. The molecular formula is C15H13F3N6S. The Morgan fingerprint density at radius 1 is 1.20 bits per heavy atom. The predicted octanol–water partition coefficient (Wildman–Crippen LogP) is 3.44. The second-order valence-corrected chi connectivity index (χ2v) is 6.06. The first-order valence-corrected chi connectivity index (χ1v) is 8.23. The van der Waals surface area contributed by atoms with E-state index in [1.807, 2.05) is 6.07 Å². The molecular weight excluding hydrogens is 353 g/mol. The van der Waals surface area contributed by atoms with Crippen LogP contribution in [0.25, 0.3) is 11.4 Å². The second-order valence-electron chi connectivity index (χ2n) is 5.08. The molecule has 6 nitrogen and oxygen atoms in total. The molecule has 2 rings (SSSR count). The van der Waals surface area contributed by atoms with Crippen LogP contribution in [-0.4, -0.2) is 31.7 Å². The number of aromatic nitrogens is 4. The highest BCUT2D eigenvalue weighted by atomic mass is 32.2. The quantitative estimate of drug-likeness (QED) is 0.697. The standard InChI is InChI=1S/C15H13F3N6S/c16-15(17,18)10-24-13(12-3-6-21-7-4-12)22-23-14(24)25-9-11(8-20)2-1-5-19/h3-4,6-7,11H,1-2,9-10H2/t11-/m1/s1. The normalized spacial score (nSPS) is 12.4. The number of thioether (sulfide) groups is 1. The monoisotopic (exact) mass is 366 g/mol. The van der Waals surface area contributed by atoms with Crippen molar-refractivity contribution in [2.24, 2.45) is 5.92 Å². The Morgan fingerprint density at radius 3 is 2.52 bits per heavy atom. The van der Waals surface area contributed by atoms with Crippen molar-refractivity contribution in [1.29, 1.82) is 10.5 Å². The summed E-state index contributed by atoms with van der Waals surface area (Å²) >= 11 is 1.03. The Bertz CT molecular complexity index is 775. The molecule has 0 aromatic carbocycles. The van der Waals surface area contributed by atoms with Crippen LogP contribution in [0.5, 0.6) is 0 Å². The van der Waals surface area contributed by atoms with Crippen LogP contribution in [0.2, 0.25) is 0 Å². The zero-order valence-electron chi connectivity index (χ0n) is 12.9. The first-order valence-electron chi connectivity index (χ1n) is 7.24. The van der Waals surface area contributed by atoms with Crippen LogP contribution in [0, 0.1) is 28.6 Å². The Hall–Kier alpha value is -2.59. The minimum Gasteiger partial charge on any atom is -0.293 e. The number of alkyl halides is 3. The Balaban J connectivity index is 2.25. The molecule has 25 heavy (non-hydrogen) atoms. The predicted molar refractivity (Wildman–Crippen MR) is 84.0 cm³/mol. The van der Waals surface area contributed by atoms with Crippen LogP contribution in [-0.2, 0) is 6.54 Å². The van der Waals surface area contributed by atoms with E-state index in [-0.39, 0.29) is 23.2 Å². The lowest BCUT2D eigenvalue weighted by Gasteiger charge is -2.13. The molecule has 0 aliphatic carbocycles. The third-order valence-corrected chi connectivity index (χ3v) is 4.32. The lowest BCUT2D eigenvalue weighted by Crippen LogP contribution is -2.19. The summed E-state index contributed by atoms with van der Waals surface area (Å²) in [7, 11) is 0. The average molecular weight is 366 g/mol. The summed E-state index contributed by atoms with van der Waals surface area (Å²) in [6.45, 7) is -1.23. The van der Waals surface area contributed by atoms with Crippen LogP contribution in [0.3, 0.4) is 0 Å². The molecule has 0 saturated heterocycles. The van der Waals surface area contributed by atoms with Gasteiger partial charge in [0.15, 0.2) is 11.0 Å². The Kier molecular flexibility index (Phi) is 6.37. The minimum atomic E-state index is -4.44. The molecule has 0 unspecified atom stereocenters. The van der Waals surface area contributed by atoms with Gasteiger partial charge in [-0.05, 0) is 18.6 Å². The summed E-state index contributed by atoms with van der Waals surface area (Å²) in [6.07, 6.45) is -0.930. The van der Waals surface area contributed by atoms with Gasteiger partial charge in [-0.3, -0.25) is 9.55 Å². The molecule has 0 spiro atoms. The highest BCUT2D eigenvalue weighted by molar-refractivity contribution is 7.99. The van der Waals surface area contributed by atoms with Gasteiger partial charge in [-0.15, -0.1) is 10.2 Å². The van der Waals surface area contributed by atoms with Gasteiger partial charge in [-0.1, -0.05) is 11.8 Å². The van der Waals surface area contributed by atoms with E-state index in [1.54, 1.807) is 12.1 Å². The van der Waals surface area contributed by atoms with E-state index < -0.39 is 18.6 Å². The van der Waals surface area contributed by atoms with E-state index in [2.05, 4.69) is 21.3 Å². The molecule has 0 aliphatic heterocycles. The fraction of sp³-hybridized carbons (Fsp3) is 0.400. The molecule has 0 fully saturated rings. The number of pyridine rings is 1. The van der Waals surface area contributed by atoms with Crippen molar-refractivity contribution in [3.05, 3.63) is 24.5 Å². The Labute approximate surface area is 146 Å². The number of hydrogen-bond donors (Lipinski definition) is 0. The first-order chi connectivity index (χ1) is 11.9. The largest absolute Gasteiger partial charge is 0.406 e. The van der Waals surface area contributed by atoms with E-state index in [1.165, 1.54) is 12.4 Å². The van der Waals surface area contributed by atoms with E-state index in [0.29, 0.717) is 12.0 Å². The summed E-state index contributed by atoms with van der Waals surface area (Å²) < 4.78 is 39.8. The fourth-order valence-electron chi connectivity index (χ4n) is 2.03. The van der Waals surface area contributed by atoms with Crippen LogP contribution >= 0.6 is 11.8 Å². The lowest BCUT2D eigenvalue weighted by atomic mass is 10.1. The number of rotatable bonds is 7. The van der Waals surface area contributed by atoms with Gasteiger partial charge in [0.25, 0.3) is 0 Å². The van der Waals surface area contributed by atoms with Crippen molar-refractivity contribution in [2.45, 2.75) is 30.7 Å². The number of nitriles is 2. The molecule has 0 saturated carbocycles. The van der Waals surface area contributed by atoms with Gasteiger partial charge in [-0.2, -0.15) is 23.7 Å². The van der Waals surface area contributed by atoms with Crippen LogP contribution in [0.4, 0.5) is 13.2 Å². The van der Waals surface area contributed by atoms with Gasteiger partial charge in [-0.25, -0.2) is 0 Å². The highest BCUT2D eigenvalue weighted by Crippen LogP contribution is 2.29. The molecule has 2 aromatic heterocycles. The molecule has 0 bridgehead atoms. The van der Waals surface area contributed by atoms with Gasteiger partial charge < -0.3 is 0 Å². The van der Waals surface area contributed by atoms with Crippen molar-refractivity contribution in [3.63, 3.8) is 0 Å². The van der Waals surface area contributed by atoms with Gasteiger partial charge in [0.2, 0.25) is 0 Å². The van der Waals surface area contributed by atoms with Crippen molar-refractivity contribution >= 4 is 11.8 Å². The smallest absolute Gasteiger partial charge is 0.293 e. The molecule has 0 amide bonds. The average Bonchev–Trinajstić information content (AvgIpc) is 2.96. The number of hydrogen-bond acceptors (Lipinski definition) is 6. The van der Waals surface area contributed by atoms with Crippen LogP contribution in [0.15, 0.2) is 29.7 Å². The maximum absolute atomic E-state index is 12.9. The number of nitrogens with zero attached hydrogens (tertiary/aromatic N) is 6. The molecule has 130 valence electrons. The topological polar surface area (TPSA) is 91.2 Å². The third kappa shape index (κ3) is 5.47. The lowest BCUT2D eigenvalue weighted by molar-refractivity contribution is -0.141. The first kappa shape index (κ1) is 18.7. The fourth-order valence-corrected chi connectivity index (χ4v) is 3.03. The van der Waals surface area contributed by atoms with E-state index in [9.17, 15) is 13.2 Å². The molecule has 10 heteroatoms. The van der Waals surface area contributed by atoms with Crippen molar-refractivity contribution < 1.29 is 13.2 Å². The maximum Gasteiger partial charge on any atom is 0.406 e. The third-order valence-electron chi connectivity index (χ3n) is 3.19. The molecule has 2 aromatic rings. The maximum atomic E-state index is 12.9. The van der Waals surface area contributed by atoms with Gasteiger partial charge in [0, 0.05) is 30.1 Å². The zero-order chi connectivity index (χ0) is 18.3. The number of halogens is 3. The summed E-state index contributed by atoms with van der Waals surface area (Å²) in [6, 6.07) is 7.11. The molecule has 0 radical (unpaired) electrons. The van der Waals surface area contributed by atoms with Gasteiger partial charge >= 0.3 is 6.18 Å².